The smallest absolute Gasteiger partial charge is 0.223 e. The summed E-state index contributed by atoms with van der Waals surface area (Å²) in [4.78, 5) is 16.5. The van der Waals surface area contributed by atoms with Gasteiger partial charge in [-0.2, -0.15) is 0 Å². The van der Waals surface area contributed by atoms with Crippen molar-refractivity contribution in [3.63, 3.8) is 0 Å². The van der Waals surface area contributed by atoms with Crippen molar-refractivity contribution in [1.29, 1.82) is 0 Å². The zero-order chi connectivity index (χ0) is 14.2. The Bertz CT molecular complexity index is 407. The molecule has 0 saturated carbocycles. The highest BCUT2D eigenvalue weighted by atomic mass is 35.5. The fourth-order valence-corrected chi connectivity index (χ4v) is 2.52. The third kappa shape index (κ3) is 6.04. The third-order valence-electron chi connectivity index (χ3n) is 3.81. The summed E-state index contributed by atoms with van der Waals surface area (Å²) >= 11 is 0. The molecule has 1 heterocycles. The predicted octanol–water partition coefficient (Wildman–Crippen LogP) is 1.75. The first-order valence-electron chi connectivity index (χ1n) is 7.54. The molecule has 1 aromatic rings. The first kappa shape index (κ1) is 18.0. The zero-order valence-corrected chi connectivity index (χ0v) is 13.6. The van der Waals surface area contributed by atoms with E-state index in [0.717, 1.165) is 45.8 Å². The van der Waals surface area contributed by atoms with Crippen molar-refractivity contribution < 1.29 is 4.79 Å². The number of benzene rings is 1. The predicted molar refractivity (Wildman–Crippen MR) is 88.7 cm³/mol. The minimum absolute atomic E-state index is 0. The normalized spacial score (nSPS) is 14.9. The van der Waals surface area contributed by atoms with Crippen molar-refractivity contribution in [2.75, 3.05) is 39.3 Å². The van der Waals surface area contributed by atoms with Crippen LogP contribution in [0.1, 0.15) is 18.9 Å². The Morgan fingerprint density at radius 3 is 2.52 bits per heavy atom. The zero-order valence-electron chi connectivity index (χ0n) is 12.8. The van der Waals surface area contributed by atoms with Gasteiger partial charge in [0.2, 0.25) is 5.91 Å². The highest BCUT2D eigenvalue weighted by Crippen LogP contribution is 2.06. The molecule has 0 spiro atoms. The Kier molecular flexibility index (Phi) is 8.35. The molecule has 1 aliphatic rings. The van der Waals surface area contributed by atoms with Gasteiger partial charge >= 0.3 is 0 Å². The number of amides is 1. The monoisotopic (exact) mass is 311 g/mol. The van der Waals surface area contributed by atoms with Crippen LogP contribution in [0.25, 0.3) is 0 Å². The lowest BCUT2D eigenvalue weighted by molar-refractivity contribution is -0.132. The molecule has 118 valence electrons. The lowest BCUT2D eigenvalue weighted by atomic mass is 10.2. The van der Waals surface area contributed by atoms with Gasteiger partial charge in [-0.15, -0.1) is 12.4 Å². The summed E-state index contributed by atoms with van der Waals surface area (Å²) in [6, 6.07) is 10.4. The minimum Gasteiger partial charge on any atom is -0.340 e. The van der Waals surface area contributed by atoms with Gasteiger partial charge in [0.25, 0.3) is 0 Å². The van der Waals surface area contributed by atoms with E-state index >= 15 is 0 Å². The lowest BCUT2D eigenvalue weighted by Crippen LogP contribution is -2.47. The van der Waals surface area contributed by atoms with Crippen molar-refractivity contribution in [2.24, 2.45) is 0 Å². The topological polar surface area (TPSA) is 35.6 Å². The van der Waals surface area contributed by atoms with E-state index in [-0.39, 0.29) is 18.3 Å². The fourth-order valence-electron chi connectivity index (χ4n) is 2.52. The molecule has 0 atom stereocenters. The molecule has 0 aliphatic carbocycles. The molecule has 1 saturated heterocycles. The number of hydrogen-bond donors (Lipinski definition) is 1. The summed E-state index contributed by atoms with van der Waals surface area (Å²) in [6.45, 7) is 8.44. The molecule has 1 fully saturated rings. The minimum atomic E-state index is 0. The number of nitrogens with one attached hydrogen (secondary N) is 1. The summed E-state index contributed by atoms with van der Waals surface area (Å²) in [6.07, 6.45) is 0.626. The second kappa shape index (κ2) is 9.77. The van der Waals surface area contributed by atoms with Crippen LogP contribution in [0.4, 0.5) is 0 Å². The number of piperazine rings is 1. The van der Waals surface area contributed by atoms with Gasteiger partial charge in [0.15, 0.2) is 0 Å². The molecule has 0 unspecified atom stereocenters. The molecule has 1 N–H and O–H groups in total. The maximum Gasteiger partial charge on any atom is 0.223 e. The molecule has 21 heavy (non-hydrogen) atoms. The molecule has 4 nitrogen and oxygen atoms in total. The molecule has 1 amide bonds. The second-order valence-corrected chi connectivity index (χ2v) is 5.24. The first-order valence-corrected chi connectivity index (χ1v) is 7.54. The van der Waals surface area contributed by atoms with Crippen molar-refractivity contribution in [1.82, 2.24) is 15.1 Å². The Balaban J connectivity index is 0.00000220. The molecule has 1 aliphatic heterocycles. The van der Waals surface area contributed by atoms with Gasteiger partial charge in [-0.05, 0) is 12.1 Å². The fraction of sp³-hybridized carbons (Fsp3) is 0.562. The van der Waals surface area contributed by atoms with Gasteiger partial charge < -0.3 is 10.2 Å². The Hall–Kier alpha value is -1.10. The summed E-state index contributed by atoms with van der Waals surface area (Å²) < 4.78 is 0. The summed E-state index contributed by atoms with van der Waals surface area (Å²) in [5.41, 5.74) is 1.31. The summed E-state index contributed by atoms with van der Waals surface area (Å²) in [7, 11) is 0. The van der Waals surface area contributed by atoms with Crippen LogP contribution in [0.2, 0.25) is 0 Å². The summed E-state index contributed by atoms with van der Waals surface area (Å²) in [5.74, 6) is 0.290. The summed E-state index contributed by atoms with van der Waals surface area (Å²) in [5, 5.41) is 3.27. The van der Waals surface area contributed by atoms with E-state index in [1.54, 1.807) is 0 Å². The third-order valence-corrected chi connectivity index (χ3v) is 3.81. The van der Waals surface area contributed by atoms with E-state index in [1.165, 1.54) is 5.56 Å². The van der Waals surface area contributed by atoms with Crippen LogP contribution in [0.15, 0.2) is 30.3 Å². The number of rotatable bonds is 6. The van der Waals surface area contributed by atoms with Gasteiger partial charge in [0.05, 0.1) is 0 Å². The number of carbonyl (C=O) groups excluding carboxylic acids is 1. The highest BCUT2D eigenvalue weighted by Gasteiger charge is 2.16. The van der Waals surface area contributed by atoms with Crippen molar-refractivity contribution in [3.05, 3.63) is 35.9 Å². The maximum atomic E-state index is 12.1. The first-order chi connectivity index (χ1) is 9.79. The van der Waals surface area contributed by atoms with Crippen LogP contribution in [0.5, 0.6) is 0 Å². The van der Waals surface area contributed by atoms with Gasteiger partial charge in [-0.25, -0.2) is 0 Å². The standard InChI is InChI=1S/C16H25N3O.ClH/c1-2-18(14-15-6-4-3-5-7-15)11-8-16(20)19-12-9-17-10-13-19;/h3-7,17H,2,8-14H2,1H3;1H. The SMILES string of the molecule is CCN(CCC(=O)N1CCNCC1)Cc1ccccc1.Cl. The molecule has 0 radical (unpaired) electrons. The molecule has 0 aromatic heterocycles. The van der Waals surface area contributed by atoms with Gasteiger partial charge in [0, 0.05) is 45.7 Å². The Labute approximate surface area is 133 Å². The molecule has 0 bridgehead atoms. The second-order valence-electron chi connectivity index (χ2n) is 5.24. The van der Waals surface area contributed by atoms with E-state index in [9.17, 15) is 4.79 Å². The van der Waals surface area contributed by atoms with Crippen LogP contribution in [0, 0.1) is 0 Å². The number of nitrogens with zero attached hydrogens (tertiary/aromatic N) is 2. The van der Waals surface area contributed by atoms with Crippen molar-refractivity contribution in [3.8, 4) is 0 Å². The van der Waals surface area contributed by atoms with E-state index < -0.39 is 0 Å². The van der Waals surface area contributed by atoms with Gasteiger partial charge in [-0.1, -0.05) is 37.3 Å². The van der Waals surface area contributed by atoms with Crippen LogP contribution in [-0.2, 0) is 11.3 Å². The average molecular weight is 312 g/mol. The van der Waals surface area contributed by atoms with Crippen LogP contribution < -0.4 is 5.32 Å². The average Bonchev–Trinajstić information content (AvgIpc) is 2.53. The Morgan fingerprint density at radius 2 is 1.90 bits per heavy atom. The number of carbonyl (C=O) groups is 1. The number of hydrogen-bond acceptors (Lipinski definition) is 3. The molecule has 1 aromatic carbocycles. The van der Waals surface area contributed by atoms with Crippen LogP contribution >= 0.6 is 12.4 Å². The van der Waals surface area contributed by atoms with E-state index in [1.807, 2.05) is 11.0 Å². The largest absolute Gasteiger partial charge is 0.340 e. The highest BCUT2D eigenvalue weighted by molar-refractivity contribution is 5.85. The number of halogens is 1. The molecular formula is C16H26ClN3O. The maximum absolute atomic E-state index is 12.1. The quantitative estimate of drug-likeness (QED) is 0.869. The van der Waals surface area contributed by atoms with Crippen molar-refractivity contribution in [2.45, 2.75) is 19.9 Å². The molecular weight excluding hydrogens is 286 g/mol. The van der Waals surface area contributed by atoms with Crippen LogP contribution in [-0.4, -0.2) is 55.0 Å². The lowest BCUT2D eigenvalue weighted by Gasteiger charge is -2.28. The van der Waals surface area contributed by atoms with E-state index in [4.69, 9.17) is 0 Å². The van der Waals surface area contributed by atoms with E-state index in [0.29, 0.717) is 6.42 Å². The van der Waals surface area contributed by atoms with Crippen LogP contribution in [0.3, 0.4) is 0 Å². The van der Waals surface area contributed by atoms with Gasteiger partial charge in [0.1, 0.15) is 0 Å². The van der Waals surface area contributed by atoms with E-state index in [2.05, 4.69) is 41.4 Å². The van der Waals surface area contributed by atoms with Crippen molar-refractivity contribution >= 4 is 18.3 Å². The van der Waals surface area contributed by atoms with Gasteiger partial charge in [-0.3, -0.25) is 9.69 Å². The Morgan fingerprint density at radius 1 is 1.24 bits per heavy atom. The molecule has 5 heteroatoms. The molecule has 2 rings (SSSR count).